The van der Waals surface area contributed by atoms with Gasteiger partial charge in [-0.2, -0.15) is 0 Å². The van der Waals surface area contributed by atoms with Gasteiger partial charge in [-0.1, -0.05) is 37.3 Å². The van der Waals surface area contributed by atoms with E-state index in [2.05, 4.69) is 5.32 Å². The van der Waals surface area contributed by atoms with Crippen molar-refractivity contribution in [2.24, 2.45) is 0 Å². The molecule has 2 aromatic rings. The minimum atomic E-state index is -0.505. The Labute approximate surface area is 138 Å². The number of amides is 1. The summed E-state index contributed by atoms with van der Waals surface area (Å²) < 4.78 is 5.98. The molecule has 0 aliphatic heterocycles. The number of ether oxygens (including phenoxy) is 1. The number of carbonyl (C=O) groups is 1. The zero-order valence-electron chi connectivity index (χ0n) is 14.6. The highest BCUT2D eigenvalue weighted by molar-refractivity contribution is 5.95. The van der Waals surface area contributed by atoms with Crippen molar-refractivity contribution in [1.82, 2.24) is 0 Å². The molecule has 0 aromatic heterocycles. The molecule has 0 aliphatic rings. The van der Waals surface area contributed by atoms with Crippen LogP contribution < -0.4 is 10.1 Å². The van der Waals surface area contributed by atoms with Gasteiger partial charge in [0.05, 0.1) is 0 Å². The highest BCUT2D eigenvalue weighted by atomic mass is 16.5. The molecule has 0 fully saturated rings. The molecule has 1 amide bonds. The van der Waals surface area contributed by atoms with Crippen LogP contribution in [0.2, 0.25) is 0 Å². The van der Waals surface area contributed by atoms with Gasteiger partial charge in [-0.25, -0.2) is 0 Å². The van der Waals surface area contributed by atoms with Crippen molar-refractivity contribution in [3.8, 4) is 5.75 Å². The number of nitrogens with one attached hydrogen (secondary N) is 1. The van der Waals surface area contributed by atoms with E-state index in [1.54, 1.807) is 0 Å². The zero-order chi connectivity index (χ0) is 17.0. The maximum Gasteiger partial charge on any atom is 0.265 e. The molecule has 2 aromatic carbocycles. The number of hydrogen-bond acceptors (Lipinski definition) is 2. The lowest BCUT2D eigenvalue weighted by molar-refractivity contribution is -0.122. The number of benzene rings is 2. The molecule has 0 bridgehead atoms. The van der Waals surface area contributed by atoms with E-state index in [-0.39, 0.29) is 5.91 Å². The predicted molar refractivity (Wildman–Crippen MR) is 95.2 cm³/mol. The Balaban J connectivity index is 2.17. The predicted octanol–water partition coefficient (Wildman–Crippen LogP) is 4.72. The van der Waals surface area contributed by atoms with Crippen molar-refractivity contribution in [1.29, 1.82) is 0 Å². The minimum Gasteiger partial charge on any atom is -0.480 e. The monoisotopic (exact) mass is 311 g/mol. The van der Waals surface area contributed by atoms with E-state index < -0.39 is 6.10 Å². The molecule has 122 valence electrons. The molecular weight excluding hydrogens is 286 g/mol. The van der Waals surface area contributed by atoms with Crippen LogP contribution in [0, 0.1) is 27.7 Å². The number of para-hydroxylation sites is 1. The van der Waals surface area contributed by atoms with Crippen LogP contribution in [0.1, 0.15) is 35.6 Å². The van der Waals surface area contributed by atoms with Crippen molar-refractivity contribution in [3.05, 3.63) is 58.7 Å². The van der Waals surface area contributed by atoms with Crippen LogP contribution >= 0.6 is 0 Å². The Hall–Kier alpha value is -2.29. The Kier molecular flexibility index (Phi) is 5.43. The number of anilines is 1. The molecule has 0 spiro atoms. The maximum atomic E-state index is 12.6. The quantitative estimate of drug-likeness (QED) is 0.868. The lowest BCUT2D eigenvalue weighted by Gasteiger charge is -2.20. The third-order valence-electron chi connectivity index (χ3n) is 4.22. The van der Waals surface area contributed by atoms with E-state index in [9.17, 15) is 4.79 Å². The topological polar surface area (TPSA) is 38.3 Å². The van der Waals surface area contributed by atoms with E-state index in [1.807, 2.05) is 71.0 Å². The molecule has 0 radical (unpaired) electrons. The van der Waals surface area contributed by atoms with Gasteiger partial charge in [0, 0.05) is 5.69 Å². The van der Waals surface area contributed by atoms with Gasteiger partial charge < -0.3 is 10.1 Å². The van der Waals surface area contributed by atoms with E-state index >= 15 is 0 Å². The first-order valence-corrected chi connectivity index (χ1v) is 8.04. The molecule has 0 saturated carbocycles. The smallest absolute Gasteiger partial charge is 0.265 e. The Morgan fingerprint density at radius 1 is 1.00 bits per heavy atom. The van der Waals surface area contributed by atoms with Gasteiger partial charge in [-0.05, 0) is 62.4 Å². The van der Waals surface area contributed by atoms with Gasteiger partial charge in [0.1, 0.15) is 5.75 Å². The number of aryl methyl sites for hydroxylation is 3. The fourth-order valence-corrected chi connectivity index (χ4v) is 2.54. The van der Waals surface area contributed by atoms with Gasteiger partial charge in [-0.15, -0.1) is 0 Å². The molecule has 3 heteroatoms. The van der Waals surface area contributed by atoms with Gasteiger partial charge in [0.25, 0.3) is 5.91 Å². The third kappa shape index (κ3) is 3.92. The highest BCUT2D eigenvalue weighted by Crippen LogP contribution is 2.24. The second kappa shape index (κ2) is 7.32. The number of hydrogen-bond donors (Lipinski definition) is 1. The summed E-state index contributed by atoms with van der Waals surface area (Å²) in [6.45, 7) is 10.0. The highest BCUT2D eigenvalue weighted by Gasteiger charge is 2.20. The van der Waals surface area contributed by atoms with Crippen molar-refractivity contribution in [3.63, 3.8) is 0 Å². The SMILES string of the molecule is CC[C@@H](Oc1cccc(C)c1C)C(=O)Nc1c(C)cccc1C. The number of carbonyl (C=O) groups excluding carboxylic acids is 1. The van der Waals surface area contributed by atoms with Gasteiger partial charge >= 0.3 is 0 Å². The van der Waals surface area contributed by atoms with Gasteiger partial charge in [0.2, 0.25) is 0 Å². The molecule has 1 atom stereocenters. The second-order valence-electron chi connectivity index (χ2n) is 5.97. The molecule has 23 heavy (non-hydrogen) atoms. The van der Waals surface area contributed by atoms with Crippen LogP contribution in [0.4, 0.5) is 5.69 Å². The van der Waals surface area contributed by atoms with E-state index in [4.69, 9.17) is 4.74 Å². The molecule has 0 saturated heterocycles. The summed E-state index contributed by atoms with van der Waals surface area (Å²) in [6.07, 6.45) is 0.110. The van der Waals surface area contributed by atoms with Gasteiger partial charge in [0.15, 0.2) is 6.10 Å². The lowest BCUT2D eigenvalue weighted by atomic mass is 10.1. The minimum absolute atomic E-state index is 0.106. The first-order valence-electron chi connectivity index (χ1n) is 8.04. The summed E-state index contributed by atoms with van der Waals surface area (Å²) in [5.74, 6) is 0.666. The molecule has 2 rings (SSSR count). The first kappa shape index (κ1) is 17.1. The lowest BCUT2D eigenvalue weighted by Crippen LogP contribution is -2.33. The molecule has 1 N–H and O–H groups in total. The third-order valence-corrected chi connectivity index (χ3v) is 4.22. The fraction of sp³-hybridized carbons (Fsp3) is 0.350. The maximum absolute atomic E-state index is 12.6. The van der Waals surface area contributed by atoms with E-state index in [1.165, 1.54) is 0 Å². The van der Waals surface area contributed by atoms with Crippen LogP contribution in [0.15, 0.2) is 36.4 Å². The second-order valence-corrected chi connectivity index (χ2v) is 5.97. The summed E-state index contributed by atoms with van der Waals surface area (Å²) in [5, 5.41) is 3.02. The zero-order valence-corrected chi connectivity index (χ0v) is 14.6. The van der Waals surface area contributed by atoms with E-state index in [0.717, 1.165) is 33.7 Å². The summed E-state index contributed by atoms with van der Waals surface area (Å²) in [7, 11) is 0. The Morgan fingerprint density at radius 3 is 2.17 bits per heavy atom. The van der Waals surface area contributed by atoms with Crippen molar-refractivity contribution < 1.29 is 9.53 Å². The van der Waals surface area contributed by atoms with Crippen LogP contribution in [-0.4, -0.2) is 12.0 Å². The van der Waals surface area contributed by atoms with Crippen molar-refractivity contribution in [2.45, 2.75) is 47.1 Å². The average molecular weight is 311 g/mol. The standard InChI is InChI=1S/C20H25NO2/c1-6-17(23-18-12-8-9-13(2)16(18)5)20(22)21-19-14(3)10-7-11-15(19)4/h7-12,17H,6H2,1-5H3,(H,21,22)/t17-/m1/s1. The summed E-state index contributed by atoms with van der Waals surface area (Å²) >= 11 is 0. The molecular formula is C20H25NO2. The summed E-state index contributed by atoms with van der Waals surface area (Å²) in [4.78, 5) is 12.6. The largest absolute Gasteiger partial charge is 0.480 e. The molecule has 0 unspecified atom stereocenters. The summed E-state index contributed by atoms with van der Waals surface area (Å²) in [5.41, 5.74) is 5.22. The fourth-order valence-electron chi connectivity index (χ4n) is 2.54. The average Bonchev–Trinajstić information content (AvgIpc) is 2.52. The van der Waals surface area contributed by atoms with E-state index in [0.29, 0.717) is 6.42 Å². The van der Waals surface area contributed by atoms with Crippen molar-refractivity contribution >= 4 is 11.6 Å². The van der Waals surface area contributed by atoms with Crippen LogP contribution in [-0.2, 0) is 4.79 Å². The Bertz CT molecular complexity index is 687. The van der Waals surface area contributed by atoms with Crippen molar-refractivity contribution in [2.75, 3.05) is 5.32 Å². The van der Waals surface area contributed by atoms with Crippen LogP contribution in [0.25, 0.3) is 0 Å². The molecule has 0 heterocycles. The molecule has 3 nitrogen and oxygen atoms in total. The van der Waals surface area contributed by atoms with Crippen LogP contribution in [0.5, 0.6) is 5.75 Å². The first-order chi connectivity index (χ1) is 10.9. The normalized spacial score (nSPS) is 11.9. The van der Waals surface area contributed by atoms with Crippen LogP contribution in [0.3, 0.4) is 0 Å². The summed E-state index contributed by atoms with van der Waals surface area (Å²) in [6, 6.07) is 11.9. The number of rotatable bonds is 5. The Morgan fingerprint density at radius 2 is 1.57 bits per heavy atom. The molecule has 0 aliphatic carbocycles. The van der Waals surface area contributed by atoms with Gasteiger partial charge in [-0.3, -0.25) is 4.79 Å².